The van der Waals surface area contributed by atoms with Crippen molar-refractivity contribution in [3.05, 3.63) is 0 Å². The van der Waals surface area contributed by atoms with Crippen LogP contribution >= 0.6 is 0 Å². The van der Waals surface area contributed by atoms with Crippen LogP contribution in [-0.4, -0.2) is 55.7 Å². The summed E-state index contributed by atoms with van der Waals surface area (Å²) in [5.74, 6) is 0.622. The van der Waals surface area contributed by atoms with Gasteiger partial charge in [0, 0.05) is 19.1 Å². The first kappa shape index (κ1) is 15.3. The van der Waals surface area contributed by atoms with Gasteiger partial charge in [-0.2, -0.15) is 0 Å². The molecule has 0 aromatic rings. The van der Waals surface area contributed by atoms with E-state index in [-0.39, 0.29) is 19.1 Å². The summed E-state index contributed by atoms with van der Waals surface area (Å²) < 4.78 is 4.68. The van der Waals surface area contributed by atoms with E-state index >= 15 is 0 Å². The molecule has 2 rings (SSSR count). The quantitative estimate of drug-likeness (QED) is 0.752. The number of piperidine rings is 1. The number of likely N-dealkylation sites (tertiary alicyclic amines) is 1. The van der Waals surface area contributed by atoms with Gasteiger partial charge < -0.3 is 10.1 Å². The van der Waals surface area contributed by atoms with Gasteiger partial charge in [-0.05, 0) is 45.1 Å². The van der Waals surface area contributed by atoms with Crippen molar-refractivity contribution in [3.8, 4) is 0 Å². The third-order valence-electron chi connectivity index (χ3n) is 3.86. The van der Waals surface area contributed by atoms with E-state index in [0.717, 1.165) is 38.4 Å². The lowest BCUT2D eigenvalue weighted by atomic mass is 10.0. The average Bonchev–Trinajstić information content (AvgIpc) is 3.22. The Morgan fingerprint density at radius 3 is 2.50 bits per heavy atom. The van der Waals surface area contributed by atoms with Gasteiger partial charge in [-0.15, -0.1) is 0 Å². The first-order valence-electron chi connectivity index (χ1n) is 7.59. The van der Waals surface area contributed by atoms with Crippen LogP contribution < -0.4 is 10.6 Å². The summed E-state index contributed by atoms with van der Waals surface area (Å²) in [6, 6.07) is 0.583. The maximum Gasteiger partial charge on any atom is 0.413 e. The van der Waals surface area contributed by atoms with Gasteiger partial charge in [0.05, 0.1) is 13.2 Å². The smallest absolute Gasteiger partial charge is 0.413 e. The van der Waals surface area contributed by atoms with E-state index in [1.807, 2.05) is 0 Å². The Bertz CT molecular complexity index is 337. The van der Waals surface area contributed by atoms with Crippen LogP contribution in [0.15, 0.2) is 0 Å². The molecule has 0 aromatic heterocycles. The molecule has 0 spiro atoms. The highest BCUT2D eigenvalue weighted by Gasteiger charge is 2.25. The van der Waals surface area contributed by atoms with Gasteiger partial charge in [0.2, 0.25) is 5.91 Å². The topological polar surface area (TPSA) is 70.7 Å². The first-order chi connectivity index (χ1) is 9.67. The van der Waals surface area contributed by atoms with Crippen molar-refractivity contribution in [2.45, 2.75) is 38.6 Å². The summed E-state index contributed by atoms with van der Waals surface area (Å²) in [7, 11) is 0. The van der Waals surface area contributed by atoms with Gasteiger partial charge in [-0.25, -0.2) is 4.79 Å². The van der Waals surface area contributed by atoms with Crippen LogP contribution in [-0.2, 0) is 9.53 Å². The summed E-state index contributed by atoms with van der Waals surface area (Å²) in [5.41, 5.74) is 0. The number of carbonyl (C=O) groups is 2. The van der Waals surface area contributed by atoms with Crippen molar-refractivity contribution in [2.24, 2.45) is 5.92 Å². The fourth-order valence-electron chi connectivity index (χ4n) is 2.47. The second-order valence-electron chi connectivity index (χ2n) is 5.67. The monoisotopic (exact) mass is 283 g/mol. The molecular formula is C14H25N3O3. The van der Waals surface area contributed by atoms with Crippen LogP contribution in [0.1, 0.15) is 32.6 Å². The van der Waals surface area contributed by atoms with Crippen molar-refractivity contribution >= 4 is 12.0 Å². The van der Waals surface area contributed by atoms with Crippen molar-refractivity contribution in [2.75, 3.05) is 32.8 Å². The van der Waals surface area contributed by atoms with E-state index in [4.69, 9.17) is 0 Å². The van der Waals surface area contributed by atoms with Crippen LogP contribution in [0.5, 0.6) is 0 Å². The molecule has 1 aliphatic heterocycles. The Hall–Kier alpha value is -1.14. The molecule has 0 unspecified atom stereocenters. The Balaban J connectivity index is 1.58. The minimum absolute atomic E-state index is 0.272. The molecule has 2 aliphatic rings. The van der Waals surface area contributed by atoms with E-state index in [1.54, 1.807) is 6.92 Å². The van der Waals surface area contributed by atoms with Gasteiger partial charge in [-0.1, -0.05) is 0 Å². The Morgan fingerprint density at radius 1 is 1.20 bits per heavy atom. The molecule has 0 bridgehead atoms. The molecule has 1 heterocycles. The maximum absolute atomic E-state index is 11.6. The molecule has 6 nitrogen and oxygen atoms in total. The normalized spacial score (nSPS) is 20.6. The number of hydrogen-bond acceptors (Lipinski definition) is 5. The second kappa shape index (κ2) is 7.59. The highest BCUT2D eigenvalue weighted by molar-refractivity contribution is 5.92. The van der Waals surface area contributed by atoms with Gasteiger partial charge in [-0.3, -0.25) is 15.0 Å². The average molecular weight is 283 g/mol. The largest absolute Gasteiger partial charge is 0.450 e. The highest BCUT2D eigenvalue weighted by atomic mass is 16.5. The van der Waals surface area contributed by atoms with Gasteiger partial charge in [0.25, 0.3) is 0 Å². The number of amides is 2. The standard InChI is InChI=1S/C14H25N3O3/c1-2-20-14(19)16-13(18)10-17-7-5-12(6-8-17)15-9-11-3-4-11/h11-12,15H,2-10H2,1H3,(H,16,18,19). The van der Waals surface area contributed by atoms with Crippen LogP contribution in [0.3, 0.4) is 0 Å². The Morgan fingerprint density at radius 2 is 1.90 bits per heavy atom. The number of ether oxygens (including phenoxy) is 1. The number of nitrogens with zero attached hydrogens (tertiary/aromatic N) is 1. The second-order valence-corrected chi connectivity index (χ2v) is 5.67. The molecule has 2 amide bonds. The zero-order valence-electron chi connectivity index (χ0n) is 12.2. The number of nitrogens with one attached hydrogen (secondary N) is 2. The molecule has 1 aliphatic carbocycles. The summed E-state index contributed by atoms with van der Waals surface area (Å²) in [4.78, 5) is 24.8. The molecule has 0 atom stereocenters. The van der Waals surface area contributed by atoms with Crippen LogP contribution in [0, 0.1) is 5.92 Å². The van der Waals surface area contributed by atoms with Gasteiger partial charge in [0.15, 0.2) is 0 Å². The van der Waals surface area contributed by atoms with Crippen molar-refractivity contribution in [3.63, 3.8) is 0 Å². The van der Waals surface area contributed by atoms with E-state index in [1.165, 1.54) is 12.8 Å². The maximum atomic E-state index is 11.6. The SMILES string of the molecule is CCOC(=O)NC(=O)CN1CCC(NCC2CC2)CC1. The summed E-state index contributed by atoms with van der Waals surface area (Å²) in [6.07, 6.45) is 4.23. The van der Waals surface area contributed by atoms with E-state index in [9.17, 15) is 9.59 Å². The van der Waals surface area contributed by atoms with Crippen LogP contribution in [0.4, 0.5) is 4.79 Å². The number of rotatable bonds is 6. The van der Waals surface area contributed by atoms with Crippen molar-refractivity contribution < 1.29 is 14.3 Å². The van der Waals surface area contributed by atoms with E-state index < -0.39 is 6.09 Å². The molecule has 6 heteroatoms. The predicted molar refractivity (Wildman–Crippen MR) is 75.4 cm³/mol. The van der Waals surface area contributed by atoms with Gasteiger partial charge >= 0.3 is 6.09 Å². The number of hydrogen-bond donors (Lipinski definition) is 2. The van der Waals surface area contributed by atoms with Crippen LogP contribution in [0.25, 0.3) is 0 Å². The zero-order valence-corrected chi connectivity index (χ0v) is 12.2. The van der Waals surface area contributed by atoms with Crippen LogP contribution in [0.2, 0.25) is 0 Å². The third-order valence-corrected chi connectivity index (χ3v) is 3.86. The lowest BCUT2D eigenvalue weighted by molar-refractivity contribution is -0.121. The first-order valence-corrected chi connectivity index (χ1v) is 7.59. The predicted octanol–water partition coefficient (Wildman–Crippen LogP) is 0.723. The lowest BCUT2D eigenvalue weighted by Crippen LogP contribution is -2.47. The highest BCUT2D eigenvalue weighted by Crippen LogP contribution is 2.28. The molecular weight excluding hydrogens is 258 g/mol. The number of alkyl carbamates (subject to hydrolysis) is 1. The minimum Gasteiger partial charge on any atom is -0.450 e. The number of imide groups is 1. The molecule has 1 saturated carbocycles. The Kier molecular flexibility index (Phi) is 5.79. The molecule has 2 N–H and O–H groups in total. The molecule has 1 saturated heterocycles. The molecule has 0 radical (unpaired) electrons. The summed E-state index contributed by atoms with van der Waals surface area (Å²) >= 11 is 0. The molecule has 114 valence electrons. The van der Waals surface area contributed by atoms with E-state index in [2.05, 4.69) is 20.3 Å². The number of carbonyl (C=O) groups excluding carboxylic acids is 2. The summed E-state index contributed by atoms with van der Waals surface area (Å²) in [6.45, 7) is 5.21. The lowest BCUT2D eigenvalue weighted by Gasteiger charge is -2.31. The minimum atomic E-state index is -0.654. The molecule has 0 aromatic carbocycles. The third kappa shape index (κ3) is 5.46. The summed E-state index contributed by atoms with van der Waals surface area (Å²) in [5, 5.41) is 5.84. The van der Waals surface area contributed by atoms with Gasteiger partial charge in [0.1, 0.15) is 0 Å². The fraction of sp³-hybridized carbons (Fsp3) is 0.857. The Labute approximate surface area is 120 Å². The fourth-order valence-corrected chi connectivity index (χ4v) is 2.47. The van der Waals surface area contributed by atoms with Crippen molar-refractivity contribution in [1.29, 1.82) is 0 Å². The zero-order chi connectivity index (χ0) is 14.4. The molecule has 20 heavy (non-hydrogen) atoms. The van der Waals surface area contributed by atoms with E-state index in [0.29, 0.717) is 6.04 Å². The molecule has 2 fully saturated rings. The van der Waals surface area contributed by atoms with Crippen molar-refractivity contribution in [1.82, 2.24) is 15.5 Å².